The van der Waals surface area contributed by atoms with E-state index in [1.54, 1.807) is 12.1 Å². The van der Waals surface area contributed by atoms with Crippen molar-refractivity contribution in [3.63, 3.8) is 0 Å². The van der Waals surface area contributed by atoms with Gasteiger partial charge in [0.15, 0.2) is 0 Å². The van der Waals surface area contributed by atoms with Crippen molar-refractivity contribution in [2.24, 2.45) is 0 Å². The van der Waals surface area contributed by atoms with Gasteiger partial charge in [0.1, 0.15) is 18.0 Å². The summed E-state index contributed by atoms with van der Waals surface area (Å²) < 4.78 is 20.2. The van der Waals surface area contributed by atoms with Gasteiger partial charge in [0.25, 0.3) is 0 Å². The maximum atomic E-state index is 14.1. The largest absolute Gasteiger partial charge is 0.397 e. The molecular weight excluding hydrogens is 401 g/mol. The molecule has 3 aromatic rings. The molecule has 0 amide bonds. The fraction of sp³-hybridized carbons (Fsp3) is 0.222. The van der Waals surface area contributed by atoms with Crippen molar-refractivity contribution < 1.29 is 9.13 Å². The molecule has 1 aliphatic rings. The summed E-state index contributed by atoms with van der Waals surface area (Å²) in [6.07, 6.45) is 1.46. The minimum Gasteiger partial charge on any atom is -0.397 e. The minimum atomic E-state index is -0.371. The molecule has 0 spiro atoms. The van der Waals surface area contributed by atoms with Crippen molar-refractivity contribution in [3.05, 3.63) is 46.9 Å². The van der Waals surface area contributed by atoms with Crippen LogP contribution in [0.2, 0.25) is 0 Å². The van der Waals surface area contributed by atoms with E-state index in [1.165, 1.54) is 12.4 Å². The van der Waals surface area contributed by atoms with E-state index in [9.17, 15) is 4.39 Å². The molecule has 0 bridgehead atoms. The Morgan fingerprint density at radius 1 is 1.15 bits per heavy atom. The summed E-state index contributed by atoms with van der Waals surface area (Å²) in [7, 11) is 0. The van der Waals surface area contributed by atoms with Gasteiger partial charge in [0.2, 0.25) is 0 Å². The van der Waals surface area contributed by atoms with E-state index in [1.807, 2.05) is 12.1 Å². The van der Waals surface area contributed by atoms with Gasteiger partial charge in [0.05, 0.1) is 35.8 Å². The van der Waals surface area contributed by atoms with Crippen LogP contribution in [-0.2, 0) is 4.74 Å². The number of morpholine rings is 1. The Bertz CT molecular complexity index is 962. The predicted octanol–water partition coefficient (Wildman–Crippen LogP) is 3.69. The molecule has 0 saturated carbocycles. The smallest absolute Gasteiger partial charge is 0.147 e. The zero-order chi connectivity index (χ0) is 18.1. The molecule has 134 valence electrons. The topological polar surface area (TPSA) is 76.3 Å². The van der Waals surface area contributed by atoms with E-state index in [0.717, 1.165) is 29.7 Å². The number of nitrogens with zero attached hydrogens (tertiary/aromatic N) is 3. The first kappa shape index (κ1) is 17.0. The first-order valence-electron chi connectivity index (χ1n) is 8.21. The number of aromatic nitrogens is 2. The number of ether oxygens (including phenoxy) is 1. The summed E-state index contributed by atoms with van der Waals surface area (Å²) in [6, 6.07) is 8.59. The highest BCUT2D eigenvalue weighted by atomic mass is 79.9. The highest BCUT2D eigenvalue weighted by molar-refractivity contribution is 9.10. The number of nitrogens with one attached hydrogen (secondary N) is 1. The van der Waals surface area contributed by atoms with Crippen molar-refractivity contribution in [3.8, 4) is 0 Å². The van der Waals surface area contributed by atoms with Crippen LogP contribution in [0.25, 0.3) is 10.9 Å². The maximum absolute atomic E-state index is 14.1. The lowest BCUT2D eigenvalue weighted by Crippen LogP contribution is -2.36. The number of anilines is 4. The van der Waals surface area contributed by atoms with Gasteiger partial charge in [-0.1, -0.05) is 15.9 Å². The predicted molar refractivity (Wildman–Crippen MR) is 104 cm³/mol. The van der Waals surface area contributed by atoms with Crippen LogP contribution in [0.3, 0.4) is 0 Å². The van der Waals surface area contributed by atoms with Crippen LogP contribution in [-0.4, -0.2) is 36.3 Å². The van der Waals surface area contributed by atoms with Gasteiger partial charge in [-0.25, -0.2) is 14.4 Å². The van der Waals surface area contributed by atoms with E-state index in [-0.39, 0.29) is 5.82 Å². The second-order valence-electron chi connectivity index (χ2n) is 6.00. The second-order valence-corrected chi connectivity index (χ2v) is 6.91. The highest BCUT2D eigenvalue weighted by Gasteiger charge is 2.16. The van der Waals surface area contributed by atoms with Gasteiger partial charge in [0, 0.05) is 22.9 Å². The quantitative estimate of drug-likeness (QED) is 0.632. The third-order valence-electron chi connectivity index (χ3n) is 4.32. The van der Waals surface area contributed by atoms with Gasteiger partial charge < -0.3 is 20.7 Å². The van der Waals surface area contributed by atoms with E-state index in [0.29, 0.717) is 34.9 Å². The average Bonchev–Trinajstić information content (AvgIpc) is 2.65. The molecule has 3 N–H and O–H groups in total. The number of fused-ring (bicyclic) bond motifs is 1. The van der Waals surface area contributed by atoms with Crippen molar-refractivity contribution in [2.75, 3.05) is 42.3 Å². The molecule has 1 fully saturated rings. The lowest BCUT2D eigenvalue weighted by Gasteiger charge is -2.30. The molecule has 8 heteroatoms. The first-order valence-corrected chi connectivity index (χ1v) is 9.00. The molecule has 6 nitrogen and oxygen atoms in total. The van der Waals surface area contributed by atoms with E-state index < -0.39 is 0 Å². The maximum Gasteiger partial charge on any atom is 0.147 e. The number of nitrogens with two attached hydrogens (primary N) is 1. The molecule has 0 aliphatic carbocycles. The SMILES string of the molecule is Nc1cc2c(Nc3ccc(Br)cc3F)ncnc2cc1N1CCOCC1. The Labute approximate surface area is 158 Å². The zero-order valence-corrected chi connectivity index (χ0v) is 15.5. The van der Waals surface area contributed by atoms with Crippen LogP contribution < -0.4 is 16.0 Å². The van der Waals surface area contributed by atoms with Crippen LogP contribution in [0.5, 0.6) is 0 Å². The Balaban J connectivity index is 1.73. The van der Waals surface area contributed by atoms with E-state index in [2.05, 4.69) is 36.1 Å². The van der Waals surface area contributed by atoms with E-state index in [4.69, 9.17) is 10.5 Å². The lowest BCUT2D eigenvalue weighted by molar-refractivity contribution is 0.123. The molecule has 1 aromatic heterocycles. The molecule has 4 rings (SSSR count). The monoisotopic (exact) mass is 417 g/mol. The summed E-state index contributed by atoms with van der Waals surface area (Å²) in [6.45, 7) is 2.93. The average molecular weight is 418 g/mol. The van der Waals surface area contributed by atoms with Gasteiger partial charge in [-0.05, 0) is 30.3 Å². The van der Waals surface area contributed by atoms with Crippen molar-refractivity contribution in [2.45, 2.75) is 0 Å². The van der Waals surface area contributed by atoms with Crippen LogP contribution >= 0.6 is 15.9 Å². The number of halogens is 2. The molecule has 2 heterocycles. The second kappa shape index (κ2) is 7.05. The normalized spacial score (nSPS) is 14.6. The summed E-state index contributed by atoms with van der Waals surface area (Å²) in [5, 5.41) is 3.77. The minimum absolute atomic E-state index is 0.337. The molecule has 1 saturated heterocycles. The molecule has 0 atom stereocenters. The summed E-state index contributed by atoms with van der Waals surface area (Å²) >= 11 is 3.25. The summed E-state index contributed by atoms with van der Waals surface area (Å²) in [5.41, 5.74) is 8.93. The van der Waals surface area contributed by atoms with Gasteiger partial charge in [-0.15, -0.1) is 0 Å². The molecule has 2 aromatic carbocycles. The number of benzene rings is 2. The number of nitrogen functional groups attached to an aromatic ring is 1. The Kier molecular flexibility index (Phi) is 4.60. The molecule has 0 unspecified atom stereocenters. The molecule has 0 radical (unpaired) electrons. The third-order valence-corrected chi connectivity index (χ3v) is 4.81. The van der Waals surface area contributed by atoms with Gasteiger partial charge in [-0.3, -0.25) is 0 Å². The lowest BCUT2D eigenvalue weighted by atomic mass is 10.1. The van der Waals surface area contributed by atoms with Crippen molar-refractivity contribution in [1.29, 1.82) is 0 Å². The first-order chi connectivity index (χ1) is 12.6. The van der Waals surface area contributed by atoms with Crippen LogP contribution in [0.4, 0.5) is 27.3 Å². The zero-order valence-electron chi connectivity index (χ0n) is 13.9. The number of rotatable bonds is 3. The number of hydrogen-bond acceptors (Lipinski definition) is 6. The Morgan fingerprint density at radius 2 is 1.96 bits per heavy atom. The summed E-state index contributed by atoms with van der Waals surface area (Å²) in [4.78, 5) is 10.8. The van der Waals surface area contributed by atoms with Crippen molar-refractivity contribution >= 4 is 49.7 Å². The molecule has 26 heavy (non-hydrogen) atoms. The highest BCUT2D eigenvalue weighted by Crippen LogP contribution is 2.33. The van der Waals surface area contributed by atoms with Crippen LogP contribution in [0.1, 0.15) is 0 Å². The number of hydrogen-bond donors (Lipinski definition) is 2. The van der Waals surface area contributed by atoms with Gasteiger partial charge >= 0.3 is 0 Å². The van der Waals surface area contributed by atoms with Crippen LogP contribution in [0.15, 0.2) is 41.1 Å². The Morgan fingerprint density at radius 3 is 2.73 bits per heavy atom. The standard InChI is InChI=1S/C18H17BrFN5O/c19-11-1-2-15(13(20)7-11)24-18-12-8-14(21)17(9-16(12)22-10-23-18)25-3-5-26-6-4-25/h1-2,7-10H,3-6,21H2,(H,22,23,24). The van der Waals surface area contributed by atoms with Gasteiger partial charge in [-0.2, -0.15) is 0 Å². The van der Waals surface area contributed by atoms with Crippen molar-refractivity contribution in [1.82, 2.24) is 9.97 Å². The molecular formula is C18H17BrFN5O. The van der Waals surface area contributed by atoms with E-state index >= 15 is 0 Å². The third kappa shape index (κ3) is 3.30. The Hall–Kier alpha value is -2.45. The molecule has 1 aliphatic heterocycles. The fourth-order valence-corrected chi connectivity index (χ4v) is 3.34. The van der Waals surface area contributed by atoms with Crippen LogP contribution in [0, 0.1) is 5.82 Å². The summed E-state index contributed by atoms with van der Waals surface area (Å²) in [5.74, 6) is 0.139. The fourth-order valence-electron chi connectivity index (χ4n) is 3.00.